The molecule has 0 aromatic heterocycles. The lowest BCUT2D eigenvalue weighted by atomic mass is 10.1. The van der Waals surface area contributed by atoms with Crippen molar-refractivity contribution in [2.75, 3.05) is 25.5 Å². The van der Waals surface area contributed by atoms with Gasteiger partial charge in [0, 0.05) is 12.2 Å². The number of nitrogens with zero attached hydrogens (tertiary/aromatic N) is 1. The Bertz CT molecular complexity index is 463. The number of nitrogens with one attached hydrogen (secondary N) is 1. The molecule has 1 unspecified atom stereocenters. The van der Waals surface area contributed by atoms with Gasteiger partial charge in [-0.1, -0.05) is 18.2 Å². The van der Waals surface area contributed by atoms with E-state index in [9.17, 15) is 9.90 Å². The zero-order valence-corrected chi connectivity index (χ0v) is 12.5. The second kappa shape index (κ2) is 6.37. The van der Waals surface area contributed by atoms with E-state index in [0.29, 0.717) is 19.0 Å². The number of carbonyl (C=O) groups excluding carboxylic acids is 1. The molecule has 1 aromatic rings. The fraction of sp³-hybridized carbons (Fsp3) is 0.562. The van der Waals surface area contributed by atoms with E-state index in [4.69, 9.17) is 0 Å². The first-order valence-corrected chi connectivity index (χ1v) is 7.20. The summed E-state index contributed by atoms with van der Waals surface area (Å²) < 4.78 is 0. The molecule has 1 aliphatic carbocycles. The number of benzene rings is 1. The molecule has 20 heavy (non-hydrogen) atoms. The van der Waals surface area contributed by atoms with Crippen LogP contribution >= 0.6 is 0 Å². The third-order valence-electron chi connectivity index (χ3n) is 3.82. The van der Waals surface area contributed by atoms with Crippen LogP contribution in [0.1, 0.15) is 24.0 Å². The maximum absolute atomic E-state index is 12.1. The molecule has 1 saturated carbocycles. The van der Waals surface area contributed by atoms with E-state index in [1.165, 1.54) is 0 Å². The molecule has 110 valence electrons. The van der Waals surface area contributed by atoms with E-state index in [-0.39, 0.29) is 12.0 Å². The third kappa shape index (κ3) is 4.05. The van der Waals surface area contributed by atoms with Crippen molar-refractivity contribution < 1.29 is 9.90 Å². The van der Waals surface area contributed by atoms with E-state index in [1.54, 1.807) is 0 Å². The average Bonchev–Trinajstić information content (AvgIpc) is 3.17. The molecule has 0 bridgehead atoms. The maximum Gasteiger partial charge on any atom is 0.238 e. The molecule has 4 nitrogen and oxygen atoms in total. The van der Waals surface area contributed by atoms with Crippen LogP contribution in [0, 0.1) is 19.8 Å². The van der Waals surface area contributed by atoms with Crippen LogP contribution in [0.25, 0.3) is 0 Å². The summed E-state index contributed by atoms with van der Waals surface area (Å²) >= 11 is 0. The number of aryl methyl sites for hydroxylation is 2. The molecule has 2 N–H and O–H groups in total. The second-order valence-corrected chi connectivity index (χ2v) is 5.92. The molecule has 0 saturated heterocycles. The lowest BCUT2D eigenvalue weighted by Crippen LogP contribution is -2.36. The van der Waals surface area contributed by atoms with Gasteiger partial charge in [-0.05, 0) is 50.8 Å². The van der Waals surface area contributed by atoms with Crippen LogP contribution < -0.4 is 5.32 Å². The molecule has 2 rings (SSSR count). The van der Waals surface area contributed by atoms with Gasteiger partial charge in [-0.2, -0.15) is 0 Å². The van der Waals surface area contributed by atoms with Crippen LogP contribution in [0.5, 0.6) is 0 Å². The number of hydrogen-bond acceptors (Lipinski definition) is 3. The van der Waals surface area contributed by atoms with Crippen LogP contribution in [0.3, 0.4) is 0 Å². The molecule has 1 fully saturated rings. The highest BCUT2D eigenvalue weighted by atomic mass is 16.3. The number of anilines is 1. The second-order valence-electron chi connectivity index (χ2n) is 5.92. The summed E-state index contributed by atoms with van der Waals surface area (Å²) in [4.78, 5) is 13.9. The van der Waals surface area contributed by atoms with Crippen molar-refractivity contribution in [2.45, 2.75) is 32.8 Å². The summed E-state index contributed by atoms with van der Waals surface area (Å²) in [5, 5.41) is 12.8. The van der Waals surface area contributed by atoms with Gasteiger partial charge in [-0.25, -0.2) is 0 Å². The number of rotatable bonds is 6. The summed E-state index contributed by atoms with van der Waals surface area (Å²) in [5.41, 5.74) is 3.03. The van der Waals surface area contributed by atoms with Crippen molar-refractivity contribution in [3.8, 4) is 0 Å². The standard InChI is InChI=1S/C16H24N2O2/c1-11-5-4-6-12(2)16(11)17-15(20)10-18(3)9-14(19)13-7-8-13/h4-6,13-14,19H,7-10H2,1-3H3,(H,17,20). The number of para-hydroxylation sites is 1. The predicted octanol–water partition coefficient (Wildman–Crippen LogP) is 1.94. The minimum absolute atomic E-state index is 0.0344. The zero-order chi connectivity index (χ0) is 14.7. The summed E-state index contributed by atoms with van der Waals surface area (Å²) in [6, 6.07) is 5.96. The van der Waals surface area contributed by atoms with Gasteiger partial charge in [-0.15, -0.1) is 0 Å². The summed E-state index contributed by atoms with van der Waals surface area (Å²) in [5.74, 6) is 0.409. The van der Waals surface area contributed by atoms with E-state index in [0.717, 1.165) is 29.7 Å². The fourth-order valence-electron chi connectivity index (χ4n) is 2.45. The Kier molecular flexibility index (Phi) is 4.78. The Hall–Kier alpha value is -1.39. The lowest BCUT2D eigenvalue weighted by Gasteiger charge is -2.20. The minimum Gasteiger partial charge on any atom is -0.392 e. The maximum atomic E-state index is 12.1. The number of aliphatic hydroxyl groups is 1. The van der Waals surface area contributed by atoms with Crippen molar-refractivity contribution >= 4 is 11.6 Å². The van der Waals surface area contributed by atoms with E-state index in [2.05, 4.69) is 5.32 Å². The van der Waals surface area contributed by atoms with E-state index in [1.807, 2.05) is 44.0 Å². The Morgan fingerprint density at radius 1 is 1.40 bits per heavy atom. The van der Waals surface area contributed by atoms with Crippen LogP contribution in [-0.2, 0) is 4.79 Å². The molecule has 1 aliphatic rings. The van der Waals surface area contributed by atoms with Crippen molar-refractivity contribution in [2.24, 2.45) is 5.92 Å². The molecule has 1 aromatic carbocycles. The first-order chi connectivity index (χ1) is 9.47. The van der Waals surface area contributed by atoms with Crippen LogP contribution in [-0.4, -0.2) is 42.2 Å². The molecule has 0 heterocycles. The Morgan fingerprint density at radius 2 is 2.00 bits per heavy atom. The van der Waals surface area contributed by atoms with Crippen molar-refractivity contribution in [3.63, 3.8) is 0 Å². The number of hydrogen-bond donors (Lipinski definition) is 2. The quantitative estimate of drug-likeness (QED) is 0.835. The molecule has 1 atom stereocenters. The molecule has 0 aliphatic heterocycles. The number of amides is 1. The average molecular weight is 276 g/mol. The number of likely N-dealkylation sites (N-methyl/N-ethyl adjacent to an activating group) is 1. The van der Waals surface area contributed by atoms with Crippen molar-refractivity contribution in [3.05, 3.63) is 29.3 Å². The SMILES string of the molecule is Cc1cccc(C)c1NC(=O)CN(C)CC(O)C1CC1. The lowest BCUT2D eigenvalue weighted by molar-refractivity contribution is -0.117. The highest BCUT2D eigenvalue weighted by molar-refractivity contribution is 5.93. The van der Waals surface area contributed by atoms with Gasteiger partial charge in [0.25, 0.3) is 0 Å². The van der Waals surface area contributed by atoms with Gasteiger partial charge < -0.3 is 10.4 Å². The number of aliphatic hydroxyl groups excluding tert-OH is 1. The normalized spacial score (nSPS) is 16.2. The van der Waals surface area contributed by atoms with Gasteiger partial charge >= 0.3 is 0 Å². The van der Waals surface area contributed by atoms with Crippen molar-refractivity contribution in [1.29, 1.82) is 0 Å². The molecule has 0 radical (unpaired) electrons. The fourth-order valence-corrected chi connectivity index (χ4v) is 2.45. The summed E-state index contributed by atoms with van der Waals surface area (Å²) in [6.45, 7) is 4.84. The smallest absolute Gasteiger partial charge is 0.238 e. The largest absolute Gasteiger partial charge is 0.392 e. The first kappa shape index (κ1) is 15.0. The molecule has 1 amide bonds. The summed E-state index contributed by atoms with van der Waals surface area (Å²) in [7, 11) is 1.87. The predicted molar refractivity (Wildman–Crippen MR) is 80.8 cm³/mol. The van der Waals surface area contributed by atoms with Crippen LogP contribution in [0.2, 0.25) is 0 Å². The topological polar surface area (TPSA) is 52.6 Å². The zero-order valence-electron chi connectivity index (χ0n) is 12.5. The minimum atomic E-state index is -0.298. The Balaban J connectivity index is 1.85. The molecular formula is C16H24N2O2. The van der Waals surface area contributed by atoms with E-state index < -0.39 is 0 Å². The Morgan fingerprint density at radius 3 is 2.55 bits per heavy atom. The van der Waals surface area contributed by atoms with E-state index >= 15 is 0 Å². The third-order valence-corrected chi connectivity index (χ3v) is 3.82. The molecule has 4 heteroatoms. The highest BCUT2D eigenvalue weighted by Crippen LogP contribution is 2.32. The Labute approximate surface area is 120 Å². The monoisotopic (exact) mass is 276 g/mol. The van der Waals surface area contributed by atoms with Crippen molar-refractivity contribution in [1.82, 2.24) is 4.90 Å². The number of carbonyl (C=O) groups is 1. The van der Waals surface area contributed by atoms with Gasteiger partial charge in [0.1, 0.15) is 0 Å². The van der Waals surface area contributed by atoms with Gasteiger partial charge in [0.15, 0.2) is 0 Å². The molecular weight excluding hydrogens is 252 g/mol. The highest BCUT2D eigenvalue weighted by Gasteiger charge is 2.30. The van der Waals surface area contributed by atoms with Crippen LogP contribution in [0.15, 0.2) is 18.2 Å². The van der Waals surface area contributed by atoms with Gasteiger partial charge in [0.05, 0.1) is 12.6 Å². The van der Waals surface area contributed by atoms with Gasteiger partial charge in [0.2, 0.25) is 5.91 Å². The summed E-state index contributed by atoms with van der Waals surface area (Å²) in [6.07, 6.45) is 1.93. The van der Waals surface area contributed by atoms with Gasteiger partial charge in [-0.3, -0.25) is 9.69 Å². The van der Waals surface area contributed by atoms with Crippen LogP contribution in [0.4, 0.5) is 5.69 Å². The first-order valence-electron chi connectivity index (χ1n) is 7.20. The molecule has 0 spiro atoms.